The van der Waals surface area contributed by atoms with E-state index in [9.17, 15) is 13.2 Å². The molecule has 84 valence electrons. The van der Waals surface area contributed by atoms with Crippen LogP contribution in [0.4, 0.5) is 13.2 Å². The summed E-state index contributed by atoms with van der Waals surface area (Å²) >= 11 is 5.73. The molecule has 1 aromatic rings. The van der Waals surface area contributed by atoms with Gasteiger partial charge in [0.15, 0.2) is 0 Å². The molecule has 1 N–H and O–H groups in total. The summed E-state index contributed by atoms with van der Waals surface area (Å²) in [6.45, 7) is -0.659. The maximum Gasteiger partial charge on any atom is 0.401 e. The van der Waals surface area contributed by atoms with E-state index in [-0.39, 0.29) is 0 Å². The van der Waals surface area contributed by atoms with Crippen molar-refractivity contribution in [2.45, 2.75) is 12.6 Å². The number of benzene rings is 1. The van der Waals surface area contributed by atoms with E-state index in [1.807, 2.05) is 6.07 Å². The zero-order chi connectivity index (χ0) is 11.3. The van der Waals surface area contributed by atoms with E-state index in [1.165, 1.54) is 0 Å². The van der Waals surface area contributed by atoms with E-state index in [0.717, 1.165) is 5.56 Å². The minimum atomic E-state index is -4.14. The zero-order valence-electron chi connectivity index (χ0n) is 7.94. The standard InChI is InChI=1S/C10H11ClF3N/c11-9-3-1-2-8(6-9)4-5-15-7-10(12,13)14/h1-3,6,15H,4-5,7H2. The summed E-state index contributed by atoms with van der Waals surface area (Å²) in [5.74, 6) is 0. The fourth-order valence-electron chi connectivity index (χ4n) is 1.16. The second-order valence-electron chi connectivity index (χ2n) is 3.17. The van der Waals surface area contributed by atoms with E-state index < -0.39 is 12.7 Å². The molecule has 5 heteroatoms. The first-order valence-electron chi connectivity index (χ1n) is 4.49. The molecule has 0 spiro atoms. The van der Waals surface area contributed by atoms with Crippen LogP contribution < -0.4 is 5.32 Å². The smallest absolute Gasteiger partial charge is 0.308 e. The van der Waals surface area contributed by atoms with Crippen molar-refractivity contribution >= 4 is 11.6 Å². The van der Waals surface area contributed by atoms with E-state index in [2.05, 4.69) is 5.32 Å². The molecule has 0 aliphatic heterocycles. The van der Waals surface area contributed by atoms with Gasteiger partial charge in [-0.2, -0.15) is 13.2 Å². The number of hydrogen-bond donors (Lipinski definition) is 1. The van der Waals surface area contributed by atoms with Gasteiger partial charge in [0, 0.05) is 5.02 Å². The molecule has 1 rings (SSSR count). The third-order valence-electron chi connectivity index (χ3n) is 1.80. The Morgan fingerprint density at radius 2 is 2.00 bits per heavy atom. The molecule has 0 saturated heterocycles. The number of halogens is 4. The summed E-state index contributed by atoms with van der Waals surface area (Å²) in [6.07, 6.45) is -3.61. The first kappa shape index (κ1) is 12.3. The topological polar surface area (TPSA) is 12.0 Å². The molecule has 0 fully saturated rings. The summed E-state index contributed by atoms with van der Waals surface area (Å²) in [5, 5.41) is 2.93. The van der Waals surface area contributed by atoms with Crippen molar-refractivity contribution < 1.29 is 13.2 Å². The van der Waals surface area contributed by atoms with Gasteiger partial charge in [-0.25, -0.2) is 0 Å². The van der Waals surface area contributed by atoms with Gasteiger partial charge in [-0.1, -0.05) is 23.7 Å². The Morgan fingerprint density at radius 1 is 1.27 bits per heavy atom. The summed E-state index contributed by atoms with van der Waals surface area (Å²) in [5.41, 5.74) is 0.928. The van der Waals surface area contributed by atoms with E-state index in [0.29, 0.717) is 18.0 Å². The van der Waals surface area contributed by atoms with Gasteiger partial charge >= 0.3 is 6.18 Å². The third-order valence-corrected chi connectivity index (χ3v) is 2.04. The van der Waals surface area contributed by atoms with E-state index in [1.54, 1.807) is 18.2 Å². The molecule has 0 heterocycles. The average molecular weight is 238 g/mol. The van der Waals surface area contributed by atoms with Crippen LogP contribution in [0.3, 0.4) is 0 Å². The Kier molecular flexibility index (Phi) is 4.42. The van der Waals surface area contributed by atoms with Crippen LogP contribution in [-0.4, -0.2) is 19.3 Å². The van der Waals surface area contributed by atoms with Crippen LogP contribution in [-0.2, 0) is 6.42 Å². The summed E-state index contributed by atoms with van der Waals surface area (Å²) in [4.78, 5) is 0. The fraction of sp³-hybridized carbons (Fsp3) is 0.400. The van der Waals surface area contributed by atoms with Crippen molar-refractivity contribution in [3.8, 4) is 0 Å². The predicted molar refractivity (Wildman–Crippen MR) is 54.1 cm³/mol. The first-order valence-corrected chi connectivity index (χ1v) is 4.87. The van der Waals surface area contributed by atoms with Crippen molar-refractivity contribution in [2.24, 2.45) is 0 Å². The molecule has 0 aliphatic carbocycles. The molecule has 0 saturated carbocycles. The van der Waals surface area contributed by atoms with Gasteiger partial charge in [-0.3, -0.25) is 0 Å². The van der Waals surface area contributed by atoms with E-state index >= 15 is 0 Å². The van der Waals surface area contributed by atoms with Gasteiger partial charge in [0.05, 0.1) is 6.54 Å². The minimum absolute atomic E-state index is 0.292. The number of nitrogens with one attached hydrogen (secondary N) is 1. The van der Waals surface area contributed by atoms with Crippen LogP contribution in [0, 0.1) is 0 Å². The maximum absolute atomic E-state index is 11.8. The SMILES string of the molecule is FC(F)(F)CNCCc1cccc(Cl)c1. The van der Waals surface area contributed by atoms with Gasteiger partial charge in [0.25, 0.3) is 0 Å². The highest BCUT2D eigenvalue weighted by atomic mass is 35.5. The predicted octanol–water partition coefficient (Wildman–Crippen LogP) is 3.03. The Balaban J connectivity index is 2.26. The molecular weight excluding hydrogens is 227 g/mol. The molecule has 0 radical (unpaired) electrons. The molecular formula is C10H11ClF3N. The lowest BCUT2D eigenvalue weighted by Gasteiger charge is -2.08. The van der Waals surface area contributed by atoms with Gasteiger partial charge < -0.3 is 5.32 Å². The number of hydrogen-bond acceptors (Lipinski definition) is 1. The highest BCUT2D eigenvalue weighted by Crippen LogP contribution is 2.13. The molecule has 0 amide bonds. The summed E-state index contributed by atoms with van der Waals surface area (Å²) in [7, 11) is 0. The summed E-state index contributed by atoms with van der Waals surface area (Å²) in [6, 6.07) is 7.09. The number of rotatable bonds is 4. The van der Waals surface area contributed by atoms with Crippen LogP contribution in [0.5, 0.6) is 0 Å². The molecule has 15 heavy (non-hydrogen) atoms. The van der Waals surface area contributed by atoms with Gasteiger partial charge in [-0.15, -0.1) is 0 Å². The summed E-state index contributed by atoms with van der Waals surface area (Å²) < 4.78 is 35.3. The highest BCUT2D eigenvalue weighted by molar-refractivity contribution is 6.30. The molecule has 0 aromatic heterocycles. The monoisotopic (exact) mass is 237 g/mol. The molecule has 1 aromatic carbocycles. The van der Waals surface area contributed by atoms with Gasteiger partial charge in [-0.05, 0) is 30.7 Å². The maximum atomic E-state index is 11.8. The molecule has 0 aliphatic rings. The first-order chi connectivity index (χ1) is 6.97. The van der Waals surface area contributed by atoms with Crippen LogP contribution >= 0.6 is 11.6 Å². The molecule has 1 nitrogen and oxygen atoms in total. The largest absolute Gasteiger partial charge is 0.401 e. The van der Waals surface area contributed by atoms with E-state index in [4.69, 9.17) is 11.6 Å². The molecule has 0 bridgehead atoms. The lowest BCUT2D eigenvalue weighted by atomic mass is 10.1. The van der Waals surface area contributed by atoms with Crippen molar-refractivity contribution in [1.82, 2.24) is 5.32 Å². The van der Waals surface area contributed by atoms with Crippen molar-refractivity contribution in [3.05, 3.63) is 34.9 Å². The van der Waals surface area contributed by atoms with Crippen molar-refractivity contribution in [3.63, 3.8) is 0 Å². The van der Waals surface area contributed by atoms with Gasteiger partial charge in [0.2, 0.25) is 0 Å². The normalized spacial score (nSPS) is 11.7. The molecule has 0 atom stereocenters. The van der Waals surface area contributed by atoms with Crippen LogP contribution in [0.1, 0.15) is 5.56 Å². The lowest BCUT2D eigenvalue weighted by Crippen LogP contribution is -2.30. The Morgan fingerprint density at radius 3 is 2.60 bits per heavy atom. The second kappa shape index (κ2) is 5.37. The van der Waals surface area contributed by atoms with Crippen LogP contribution in [0.2, 0.25) is 5.02 Å². The zero-order valence-corrected chi connectivity index (χ0v) is 8.70. The lowest BCUT2D eigenvalue weighted by molar-refractivity contribution is -0.124. The Bertz CT molecular complexity index is 312. The number of alkyl halides is 3. The van der Waals surface area contributed by atoms with Crippen LogP contribution in [0.25, 0.3) is 0 Å². The van der Waals surface area contributed by atoms with Crippen molar-refractivity contribution in [2.75, 3.05) is 13.1 Å². The van der Waals surface area contributed by atoms with Gasteiger partial charge in [0.1, 0.15) is 0 Å². The highest BCUT2D eigenvalue weighted by Gasteiger charge is 2.25. The molecule has 0 unspecified atom stereocenters. The van der Waals surface area contributed by atoms with Crippen molar-refractivity contribution in [1.29, 1.82) is 0 Å². The quantitative estimate of drug-likeness (QED) is 0.794. The van der Waals surface area contributed by atoms with Crippen LogP contribution in [0.15, 0.2) is 24.3 Å². The fourth-order valence-corrected chi connectivity index (χ4v) is 1.37. The minimum Gasteiger partial charge on any atom is -0.308 e. The Labute approximate surface area is 91.2 Å². The average Bonchev–Trinajstić information content (AvgIpc) is 2.11. The Hall–Kier alpha value is -0.740. The third kappa shape index (κ3) is 5.64. The second-order valence-corrected chi connectivity index (χ2v) is 3.61.